The van der Waals surface area contributed by atoms with E-state index in [1.807, 2.05) is 0 Å². The van der Waals surface area contributed by atoms with Crippen molar-refractivity contribution in [2.24, 2.45) is 5.10 Å². The van der Waals surface area contributed by atoms with Crippen LogP contribution in [-0.2, 0) is 11.2 Å². The van der Waals surface area contributed by atoms with Crippen molar-refractivity contribution in [3.63, 3.8) is 0 Å². The summed E-state index contributed by atoms with van der Waals surface area (Å²) in [4.78, 5) is 12.2. The van der Waals surface area contributed by atoms with Crippen LogP contribution in [0.1, 0.15) is 18.9 Å². The van der Waals surface area contributed by atoms with Crippen LogP contribution in [0, 0.1) is 0 Å². The van der Waals surface area contributed by atoms with Crippen molar-refractivity contribution in [3.8, 4) is 0 Å². The lowest BCUT2D eigenvalue weighted by Crippen LogP contribution is -2.57. The minimum atomic E-state index is -5.03. The maximum Gasteiger partial charge on any atom is 0.438 e. The van der Waals surface area contributed by atoms with Gasteiger partial charge in [0.2, 0.25) is 5.91 Å². The minimum Gasteiger partial charge on any atom is -0.362 e. The Morgan fingerprint density at radius 1 is 1.41 bits per heavy atom. The van der Waals surface area contributed by atoms with Gasteiger partial charge in [-0.05, 0) is 24.6 Å². The van der Waals surface area contributed by atoms with Crippen molar-refractivity contribution in [1.82, 2.24) is 5.01 Å². The Morgan fingerprint density at radius 3 is 2.45 bits per heavy atom. The van der Waals surface area contributed by atoms with E-state index < -0.39 is 30.7 Å². The van der Waals surface area contributed by atoms with Crippen molar-refractivity contribution < 1.29 is 23.1 Å². The van der Waals surface area contributed by atoms with Crippen LogP contribution >= 0.6 is 23.2 Å². The molecule has 1 heterocycles. The number of amides is 1. The molecule has 1 unspecified atom stereocenters. The molecule has 1 aromatic rings. The molecule has 1 aliphatic heterocycles. The highest BCUT2D eigenvalue weighted by Gasteiger charge is 2.62. The Labute approximate surface area is 134 Å². The topological polar surface area (TPSA) is 52.9 Å². The first-order chi connectivity index (χ1) is 10.1. The van der Waals surface area contributed by atoms with Crippen LogP contribution in [0.5, 0.6) is 0 Å². The second-order valence-corrected chi connectivity index (χ2v) is 5.72. The van der Waals surface area contributed by atoms with Gasteiger partial charge in [0, 0.05) is 22.2 Å². The molecule has 1 atom stereocenters. The Bertz CT molecular complexity index is 628. The lowest BCUT2D eigenvalue weighted by Gasteiger charge is -2.32. The van der Waals surface area contributed by atoms with Gasteiger partial charge in [0.15, 0.2) is 0 Å². The number of carbonyl (C=O) groups excluding carboxylic acids is 1. The summed E-state index contributed by atoms with van der Waals surface area (Å²) in [7, 11) is 0. The Hall–Kier alpha value is -1.31. The molecule has 1 N–H and O–H groups in total. The highest BCUT2D eigenvalue weighted by atomic mass is 35.5. The molecule has 1 aromatic carbocycles. The quantitative estimate of drug-likeness (QED) is 0.884. The third-order valence-electron chi connectivity index (χ3n) is 3.20. The van der Waals surface area contributed by atoms with Gasteiger partial charge in [-0.3, -0.25) is 4.79 Å². The SMILES string of the molecule is CC1=NN(C(=O)Cc2c(Cl)cccc2Cl)C(O)(C(F)(F)F)C1. The number of hydrogen-bond donors (Lipinski definition) is 1. The normalized spacial score (nSPS) is 22.0. The standard InChI is InChI=1S/C13H11Cl2F3N2O2/c1-7-6-12(22,13(16,17)18)20(19-7)11(21)5-8-9(14)3-2-4-10(8)15/h2-4,22H,5-6H2,1H3. The summed E-state index contributed by atoms with van der Waals surface area (Å²) in [5.74, 6) is -1.05. The molecular weight excluding hydrogens is 344 g/mol. The van der Waals surface area contributed by atoms with Gasteiger partial charge in [0.1, 0.15) is 0 Å². The minimum absolute atomic E-state index is 0.00145. The van der Waals surface area contributed by atoms with Crippen molar-refractivity contribution in [2.45, 2.75) is 31.7 Å². The average molecular weight is 355 g/mol. The molecule has 0 spiro atoms. The summed E-state index contributed by atoms with van der Waals surface area (Å²) in [5.41, 5.74) is -3.17. The predicted molar refractivity (Wildman–Crippen MR) is 75.7 cm³/mol. The number of halogens is 5. The van der Waals surface area contributed by atoms with Crippen LogP contribution in [-0.4, -0.2) is 33.6 Å². The summed E-state index contributed by atoms with van der Waals surface area (Å²) >= 11 is 11.8. The second-order valence-electron chi connectivity index (χ2n) is 4.91. The van der Waals surface area contributed by atoms with Crippen LogP contribution < -0.4 is 0 Å². The van der Waals surface area contributed by atoms with E-state index in [2.05, 4.69) is 5.10 Å². The van der Waals surface area contributed by atoms with Crippen molar-refractivity contribution in [1.29, 1.82) is 0 Å². The number of carbonyl (C=O) groups is 1. The molecular formula is C13H11Cl2F3N2O2. The lowest BCUT2D eigenvalue weighted by atomic mass is 10.1. The average Bonchev–Trinajstić information content (AvgIpc) is 2.70. The second kappa shape index (κ2) is 5.72. The van der Waals surface area contributed by atoms with E-state index in [9.17, 15) is 23.1 Å². The number of benzene rings is 1. The van der Waals surface area contributed by atoms with Gasteiger partial charge in [0.05, 0.1) is 6.42 Å². The molecule has 2 rings (SSSR count). The molecule has 1 amide bonds. The van der Waals surface area contributed by atoms with E-state index in [0.29, 0.717) is 0 Å². The molecule has 1 aliphatic rings. The fourth-order valence-electron chi connectivity index (χ4n) is 2.13. The van der Waals surface area contributed by atoms with Gasteiger partial charge < -0.3 is 5.11 Å². The predicted octanol–water partition coefficient (Wildman–Crippen LogP) is 3.40. The number of nitrogens with zero attached hydrogens (tertiary/aromatic N) is 2. The van der Waals surface area contributed by atoms with Crippen molar-refractivity contribution in [3.05, 3.63) is 33.8 Å². The number of hydrogen-bond acceptors (Lipinski definition) is 3. The highest BCUT2D eigenvalue weighted by Crippen LogP contribution is 2.40. The Kier molecular flexibility index (Phi) is 4.43. The molecule has 0 aliphatic carbocycles. The van der Waals surface area contributed by atoms with Crippen LogP contribution in [0.25, 0.3) is 0 Å². The zero-order valence-corrected chi connectivity index (χ0v) is 12.8. The molecule has 4 nitrogen and oxygen atoms in total. The van der Waals surface area contributed by atoms with Crippen LogP contribution in [0.3, 0.4) is 0 Å². The summed E-state index contributed by atoms with van der Waals surface area (Å²) < 4.78 is 39.2. The van der Waals surface area contributed by atoms with E-state index in [0.717, 1.165) is 0 Å². The van der Waals surface area contributed by atoms with Crippen LogP contribution in [0.15, 0.2) is 23.3 Å². The third kappa shape index (κ3) is 2.93. The number of hydrazone groups is 1. The molecule has 0 bridgehead atoms. The summed E-state index contributed by atoms with van der Waals surface area (Å²) in [6.45, 7) is 1.30. The molecule has 0 radical (unpaired) electrons. The van der Waals surface area contributed by atoms with Gasteiger partial charge in [-0.2, -0.15) is 23.3 Å². The van der Waals surface area contributed by atoms with Gasteiger partial charge in [0.25, 0.3) is 5.72 Å². The van der Waals surface area contributed by atoms with E-state index in [1.54, 1.807) is 6.07 Å². The molecule has 0 saturated carbocycles. The van der Waals surface area contributed by atoms with Gasteiger partial charge in [-0.25, -0.2) is 0 Å². The first kappa shape index (κ1) is 17.1. The van der Waals surface area contributed by atoms with Gasteiger partial charge in [-0.1, -0.05) is 29.3 Å². The zero-order chi connectivity index (χ0) is 16.7. The maximum atomic E-state index is 13.1. The highest BCUT2D eigenvalue weighted by molar-refractivity contribution is 6.36. The van der Waals surface area contributed by atoms with Crippen molar-refractivity contribution in [2.75, 3.05) is 0 Å². The van der Waals surface area contributed by atoms with Gasteiger partial charge >= 0.3 is 6.18 Å². The largest absolute Gasteiger partial charge is 0.438 e. The lowest BCUT2D eigenvalue weighted by molar-refractivity contribution is -0.302. The molecule has 22 heavy (non-hydrogen) atoms. The molecule has 120 valence electrons. The Balaban J connectivity index is 2.32. The molecule has 0 fully saturated rings. The molecule has 9 heteroatoms. The smallest absolute Gasteiger partial charge is 0.362 e. The maximum absolute atomic E-state index is 13.1. The first-order valence-electron chi connectivity index (χ1n) is 6.15. The zero-order valence-electron chi connectivity index (χ0n) is 11.3. The third-order valence-corrected chi connectivity index (χ3v) is 3.91. The monoisotopic (exact) mass is 354 g/mol. The van der Waals surface area contributed by atoms with Crippen LogP contribution in [0.4, 0.5) is 13.2 Å². The van der Waals surface area contributed by atoms with E-state index in [-0.39, 0.29) is 26.3 Å². The number of aliphatic hydroxyl groups is 1. The first-order valence-corrected chi connectivity index (χ1v) is 6.91. The van der Waals surface area contributed by atoms with Gasteiger partial charge in [-0.15, -0.1) is 0 Å². The number of alkyl halides is 3. The van der Waals surface area contributed by atoms with Crippen molar-refractivity contribution >= 4 is 34.8 Å². The molecule has 0 saturated heterocycles. The Morgan fingerprint density at radius 2 is 1.95 bits per heavy atom. The molecule has 0 aromatic heterocycles. The van der Waals surface area contributed by atoms with Crippen LogP contribution in [0.2, 0.25) is 10.0 Å². The van der Waals surface area contributed by atoms with E-state index in [1.165, 1.54) is 19.1 Å². The fraction of sp³-hybridized carbons (Fsp3) is 0.385. The summed E-state index contributed by atoms with van der Waals surface area (Å²) in [5, 5.41) is 13.7. The van der Waals surface area contributed by atoms with E-state index >= 15 is 0 Å². The number of rotatable bonds is 2. The van der Waals surface area contributed by atoms with E-state index in [4.69, 9.17) is 23.2 Å². The summed E-state index contributed by atoms with van der Waals surface area (Å²) in [6, 6.07) is 4.47. The summed E-state index contributed by atoms with van der Waals surface area (Å²) in [6.07, 6.45) is -6.33. The fourth-order valence-corrected chi connectivity index (χ4v) is 2.66.